The Morgan fingerprint density at radius 3 is 2.69 bits per heavy atom. The predicted molar refractivity (Wildman–Crippen MR) is 69.8 cm³/mol. The molecule has 1 aliphatic rings. The third-order valence-electron chi connectivity index (χ3n) is 3.56. The van der Waals surface area contributed by atoms with E-state index in [1.54, 1.807) is 0 Å². The van der Waals surface area contributed by atoms with Gasteiger partial charge in [-0.15, -0.1) is 0 Å². The molecule has 0 aliphatic heterocycles. The molecular formula is C14H20ClN. The Bertz CT molecular complexity index is 331. The summed E-state index contributed by atoms with van der Waals surface area (Å²) in [5, 5.41) is 4.47. The first-order valence-electron chi connectivity index (χ1n) is 6.25. The van der Waals surface area contributed by atoms with Crippen LogP contribution in [0.15, 0.2) is 24.3 Å². The molecule has 1 aromatic carbocycles. The summed E-state index contributed by atoms with van der Waals surface area (Å²) in [6, 6.07) is 8.46. The second-order valence-corrected chi connectivity index (χ2v) is 5.21. The molecule has 16 heavy (non-hydrogen) atoms. The monoisotopic (exact) mass is 237 g/mol. The summed E-state index contributed by atoms with van der Waals surface area (Å²) in [6.07, 6.45) is 5.60. The van der Waals surface area contributed by atoms with Gasteiger partial charge in [-0.1, -0.05) is 42.6 Å². The van der Waals surface area contributed by atoms with Gasteiger partial charge in [-0.3, -0.25) is 0 Å². The molecule has 0 aromatic heterocycles. The van der Waals surface area contributed by atoms with Crippen molar-refractivity contribution < 1.29 is 0 Å². The molecule has 1 aromatic rings. The molecular weight excluding hydrogens is 218 g/mol. The second kappa shape index (κ2) is 5.70. The molecule has 0 heterocycles. The van der Waals surface area contributed by atoms with E-state index in [0.29, 0.717) is 6.04 Å². The molecule has 1 atom stereocenters. The summed E-state index contributed by atoms with van der Waals surface area (Å²) in [6.45, 7) is 3.32. The first kappa shape index (κ1) is 11.9. The highest BCUT2D eigenvalue weighted by molar-refractivity contribution is 6.31. The van der Waals surface area contributed by atoms with Crippen LogP contribution in [0.25, 0.3) is 0 Å². The number of benzene rings is 1. The van der Waals surface area contributed by atoms with Gasteiger partial charge >= 0.3 is 0 Å². The zero-order valence-electron chi connectivity index (χ0n) is 9.88. The van der Waals surface area contributed by atoms with Crippen molar-refractivity contribution >= 4 is 11.6 Å². The lowest BCUT2D eigenvalue weighted by atomic mass is 10.1. The minimum Gasteiger partial charge on any atom is -0.310 e. The summed E-state index contributed by atoms with van der Waals surface area (Å²) in [5.74, 6) is 0.880. The molecule has 1 saturated carbocycles. The van der Waals surface area contributed by atoms with E-state index in [1.165, 1.54) is 31.2 Å². The smallest absolute Gasteiger partial charge is 0.0453 e. The summed E-state index contributed by atoms with van der Waals surface area (Å²) >= 11 is 6.17. The molecule has 2 heteroatoms. The van der Waals surface area contributed by atoms with Crippen molar-refractivity contribution in [2.24, 2.45) is 5.92 Å². The van der Waals surface area contributed by atoms with Crippen LogP contribution < -0.4 is 5.32 Å². The Labute approximate surface area is 103 Å². The van der Waals surface area contributed by atoms with Crippen molar-refractivity contribution in [2.75, 3.05) is 6.54 Å². The molecule has 2 rings (SSSR count). The van der Waals surface area contributed by atoms with E-state index in [9.17, 15) is 0 Å². The Morgan fingerprint density at radius 1 is 1.31 bits per heavy atom. The van der Waals surface area contributed by atoms with E-state index in [2.05, 4.69) is 24.4 Å². The van der Waals surface area contributed by atoms with Gasteiger partial charge in [0.25, 0.3) is 0 Å². The molecule has 1 unspecified atom stereocenters. The molecule has 1 aliphatic carbocycles. The SMILES string of the molecule is CC(NCC1CCCC1)c1ccccc1Cl. The summed E-state index contributed by atoms with van der Waals surface area (Å²) in [4.78, 5) is 0. The van der Waals surface area contributed by atoms with Crippen LogP contribution >= 0.6 is 11.6 Å². The van der Waals surface area contributed by atoms with Crippen LogP contribution in [0.2, 0.25) is 5.02 Å². The Kier molecular flexibility index (Phi) is 4.25. The third-order valence-corrected chi connectivity index (χ3v) is 3.90. The minimum atomic E-state index is 0.356. The van der Waals surface area contributed by atoms with Gasteiger partial charge in [-0.2, -0.15) is 0 Å². The summed E-state index contributed by atoms with van der Waals surface area (Å²) in [5.41, 5.74) is 1.21. The summed E-state index contributed by atoms with van der Waals surface area (Å²) in [7, 11) is 0. The van der Waals surface area contributed by atoms with Gasteiger partial charge < -0.3 is 5.32 Å². The lowest BCUT2D eigenvalue weighted by Crippen LogP contribution is -2.24. The maximum Gasteiger partial charge on any atom is 0.0453 e. The maximum absolute atomic E-state index is 6.17. The largest absolute Gasteiger partial charge is 0.310 e. The Balaban J connectivity index is 1.87. The highest BCUT2D eigenvalue weighted by Crippen LogP contribution is 2.26. The van der Waals surface area contributed by atoms with Gasteiger partial charge in [-0.05, 0) is 43.9 Å². The molecule has 0 radical (unpaired) electrons. The van der Waals surface area contributed by atoms with E-state index < -0.39 is 0 Å². The quantitative estimate of drug-likeness (QED) is 0.829. The molecule has 88 valence electrons. The van der Waals surface area contributed by atoms with Crippen molar-refractivity contribution in [3.63, 3.8) is 0 Å². The molecule has 1 fully saturated rings. The summed E-state index contributed by atoms with van der Waals surface area (Å²) < 4.78 is 0. The fraction of sp³-hybridized carbons (Fsp3) is 0.571. The van der Waals surface area contributed by atoms with E-state index in [4.69, 9.17) is 11.6 Å². The van der Waals surface area contributed by atoms with Gasteiger partial charge in [0.15, 0.2) is 0 Å². The number of halogens is 1. The van der Waals surface area contributed by atoms with Gasteiger partial charge in [0, 0.05) is 11.1 Å². The van der Waals surface area contributed by atoms with Crippen LogP contribution in [0, 0.1) is 5.92 Å². The lowest BCUT2D eigenvalue weighted by molar-refractivity contribution is 0.452. The fourth-order valence-corrected chi connectivity index (χ4v) is 2.79. The van der Waals surface area contributed by atoms with E-state index in [1.807, 2.05) is 12.1 Å². The van der Waals surface area contributed by atoms with Crippen LogP contribution in [0.1, 0.15) is 44.2 Å². The molecule has 1 N–H and O–H groups in total. The number of rotatable bonds is 4. The average molecular weight is 238 g/mol. The number of nitrogens with one attached hydrogen (secondary N) is 1. The zero-order valence-corrected chi connectivity index (χ0v) is 10.6. The number of hydrogen-bond donors (Lipinski definition) is 1. The zero-order chi connectivity index (χ0) is 11.4. The van der Waals surface area contributed by atoms with Crippen molar-refractivity contribution in [1.29, 1.82) is 0 Å². The van der Waals surface area contributed by atoms with Gasteiger partial charge in [-0.25, -0.2) is 0 Å². The Hall–Kier alpha value is -0.530. The minimum absolute atomic E-state index is 0.356. The van der Waals surface area contributed by atoms with Gasteiger partial charge in [0.1, 0.15) is 0 Å². The first-order valence-corrected chi connectivity index (χ1v) is 6.63. The standard InChI is InChI=1S/C14H20ClN/c1-11(13-8-4-5-9-14(13)15)16-10-12-6-2-3-7-12/h4-5,8-9,11-12,16H,2-3,6-7,10H2,1H3. The average Bonchev–Trinajstić information content (AvgIpc) is 2.79. The lowest BCUT2D eigenvalue weighted by Gasteiger charge is -2.18. The van der Waals surface area contributed by atoms with Crippen LogP contribution in [0.3, 0.4) is 0 Å². The van der Waals surface area contributed by atoms with Gasteiger partial charge in [0.05, 0.1) is 0 Å². The molecule has 0 amide bonds. The van der Waals surface area contributed by atoms with Crippen molar-refractivity contribution in [3.05, 3.63) is 34.9 Å². The van der Waals surface area contributed by atoms with E-state index >= 15 is 0 Å². The van der Waals surface area contributed by atoms with Crippen molar-refractivity contribution in [2.45, 2.75) is 38.6 Å². The highest BCUT2D eigenvalue weighted by atomic mass is 35.5. The third kappa shape index (κ3) is 2.99. The Morgan fingerprint density at radius 2 is 2.00 bits per heavy atom. The van der Waals surface area contributed by atoms with Crippen molar-refractivity contribution in [1.82, 2.24) is 5.32 Å². The van der Waals surface area contributed by atoms with Crippen molar-refractivity contribution in [3.8, 4) is 0 Å². The molecule has 0 bridgehead atoms. The molecule has 0 spiro atoms. The normalized spacial score (nSPS) is 18.9. The van der Waals surface area contributed by atoms with Crippen LogP contribution in [0.5, 0.6) is 0 Å². The van der Waals surface area contributed by atoms with Crippen LogP contribution in [0.4, 0.5) is 0 Å². The fourth-order valence-electron chi connectivity index (χ4n) is 2.49. The number of hydrogen-bond acceptors (Lipinski definition) is 1. The van der Waals surface area contributed by atoms with Crippen LogP contribution in [-0.2, 0) is 0 Å². The maximum atomic E-state index is 6.17. The van der Waals surface area contributed by atoms with Crippen LogP contribution in [-0.4, -0.2) is 6.54 Å². The van der Waals surface area contributed by atoms with E-state index in [0.717, 1.165) is 17.5 Å². The molecule has 1 nitrogen and oxygen atoms in total. The van der Waals surface area contributed by atoms with E-state index in [-0.39, 0.29) is 0 Å². The second-order valence-electron chi connectivity index (χ2n) is 4.80. The molecule has 0 saturated heterocycles. The predicted octanol–water partition coefficient (Wildman–Crippen LogP) is 4.18. The topological polar surface area (TPSA) is 12.0 Å². The van der Waals surface area contributed by atoms with Gasteiger partial charge in [0.2, 0.25) is 0 Å². The first-order chi connectivity index (χ1) is 7.77. The highest BCUT2D eigenvalue weighted by Gasteiger charge is 2.16.